The third-order valence-electron chi connectivity index (χ3n) is 4.85. The minimum atomic E-state index is -0.386. The molecule has 0 unspecified atom stereocenters. The van der Waals surface area contributed by atoms with E-state index in [1.807, 2.05) is 49.4 Å². The molecular weight excluding hydrogens is 454 g/mol. The minimum absolute atomic E-state index is 0.259. The summed E-state index contributed by atoms with van der Waals surface area (Å²) in [6, 6.07) is 9.55. The van der Waals surface area contributed by atoms with Crippen molar-refractivity contribution in [2.75, 3.05) is 11.4 Å². The predicted molar refractivity (Wildman–Crippen MR) is 134 cm³/mol. The predicted octanol–water partition coefficient (Wildman–Crippen LogP) is 5.01. The Balaban J connectivity index is 2.05. The quantitative estimate of drug-likeness (QED) is 0.160. The second-order valence-electron chi connectivity index (χ2n) is 7.34. The summed E-state index contributed by atoms with van der Waals surface area (Å²) in [5.41, 5.74) is 3.42. The number of hydrogen-bond donors (Lipinski definition) is 3. The average molecular weight is 484 g/mol. The lowest BCUT2D eigenvalue weighted by Gasteiger charge is -2.24. The number of halogens is 1. The monoisotopic (exact) mass is 483 g/mol. The highest BCUT2D eigenvalue weighted by Gasteiger charge is 2.18. The van der Waals surface area contributed by atoms with Gasteiger partial charge in [0.2, 0.25) is 11.9 Å². The molecule has 0 spiro atoms. The van der Waals surface area contributed by atoms with Gasteiger partial charge in [-0.2, -0.15) is 0 Å². The molecule has 180 valence electrons. The fourth-order valence-electron chi connectivity index (χ4n) is 3.14. The van der Waals surface area contributed by atoms with E-state index in [-0.39, 0.29) is 18.2 Å². The third-order valence-corrected chi connectivity index (χ3v) is 5.19. The summed E-state index contributed by atoms with van der Waals surface area (Å²) in [5.74, 6) is -0.281. The summed E-state index contributed by atoms with van der Waals surface area (Å²) in [7, 11) is 0. The Hall–Kier alpha value is -3.49. The van der Waals surface area contributed by atoms with E-state index < -0.39 is 0 Å². The van der Waals surface area contributed by atoms with Crippen molar-refractivity contribution in [3.63, 3.8) is 0 Å². The van der Waals surface area contributed by atoms with Crippen molar-refractivity contribution in [1.29, 1.82) is 0 Å². The fraction of sp³-hybridized carbons (Fsp3) is 0.280. The lowest BCUT2D eigenvalue weighted by molar-refractivity contribution is -0.129. The first-order valence-corrected chi connectivity index (χ1v) is 11.4. The van der Waals surface area contributed by atoms with Gasteiger partial charge in [0.25, 0.3) is 5.91 Å². The number of carbonyl (C=O) groups excluding carboxylic acids is 2. The smallest absolute Gasteiger partial charge is 0.254 e. The lowest BCUT2D eigenvalue weighted by Crippen LogP contribution is -2.25. The van der Waals surface area contributed by atoms with E-state index in [0.29, 0.717) is 35.2 Å². The van der Waals surface area contributed by atoms with E-state index in [9.17, 15) is 9.59 Å². The van der Waals surface area contributed by atoms with Crippen LogP contribution in [-0.4, -0.2) is 33.5 Å². The molecule has 0 aliphatic heterocycles. The molecule has 9 heteroatoms. The van der Waals surface area contributed by atoms with Crippen molar-refractivity contribution in [3.05, 3.63) is 83.8 Å². The maximum atomic E-state index is 12.5. The number of rotatable bonds is 13. The fourth-order valence-corrected chi connectivity index (χ4v) is 3.29. The van der Waals surface area contributed by atoms with Crippen LogP contribution in [0.2, 0.25) is 0 Å². The highest BCUT2D eigenvalue weighted by Crippen LogP contribution is 2.30. The summed E-state index contributed by atoms with van der Waals surface area (Å²) in [6.07, 6.45) is 11.7. The SMILES string of the molecule is C=C/C(Cl)=C(\C=C/C)N(c1ccccc1)c1ncc(C(=O)NCCCCCCC(=O)NO)cn1. The number of amides is 2. The van der Waals surface area contributed by atoms with Gasteiger partial charge in [0, 0.05) is 31.0 Å². The van der Waals surface area contributed by atoms with E-state index in [1.165, 1.54) is 12.4 Å². The Morgan fingerprint density at radius 1 is 1.12 bits per heavy atom. The van der Waals surface area contributed by atoms with Gasteiger partial charge in [-0.25, -0.2) is 15.4 Å². The molecule has 0 aliphatic carbocycles. The summed E-state index contributed by atoms with van der Waals surface area (Å²) in [6.45, 7) is 6.15. The number of unbranched alkanes of at least 4 members (excludes halogenated alkanes) is 3. The molecule has 0 fully saturated rings. The topological polar surface area (TPSA) is 107 Å². The second kappa shape index (κ2) is 14.6. The third kappa shape index (κ3) is 8.13. The number of nitrogens with one attached hydrogen (secondary N) is 2. The summed E-state index contributed by atoms with van der Waals surface area (Å²) < 4.78 is 0. The van der Waals surface area contributed by atoms with Crippen LogP contribution in [0, 0.1) is 0 Å². The number of carbonyl (C=O) groups is 2. The largest absolute Gasteiger partial charge is 0.352 e. The van der Waals surface area contributed by atoms with Crippen molar-refractivity contribution in [2.24, 2.45) is 0 Å². The molecule has 0 saturated carbocycles. The van der Waals surface area contributed by atoms with Gasteiger partial charge in [-0.1, -0.05) is 55.3 Å². The van der Waals surface area contributed by atoms with Gasteiger partial charge in [-0.05, 0) is 44.1 Å². The van der Waals surface area contributed by atoms with Gasteiger partial charge in [-0.3, -0.25) is 19.7 Å². The Morgan fingerprint density at radius 3 is 2.41 bits per heavy atom. The highest BCUT2D eigenvalue weighted by molar-refractivity contribution is 6.32. The molecule has 1 aromatic heterocycles. The van der Waals surface area contributed by atoms with Crippen LogP contribution in [0.5, 0.6) is 0 Å². The van der Waals surface area contributed by atoms with Gasteiger partial charge >= 0.3 is 0 Å². The number of aromatic nitrogens is 2. The van der Waals surface area contributed by atoms with Gasteiger partial charge < -0.3 is 5.32 Å². The van der Waals surface area contributed by atoms with Crippen LogP contribution in [0.4, 0.5) is 11.6 Å². The van der Waals surface area contributed by atoms with Gasteiger partial charge in [0.1, 0.15) is 0 Å². The van der Waals surface area contributed by atoms with Crippen LogP contribution in [0.1, 0.15) is 49.4 Å². The maximum absolute atomic E-state index is 12.5. The Labute approximate surface area is 205 Å². The zero-order chi connectivity index (χ0) is 24.8. The van der Waals surface area contributed by atoms with Gasteiger partial charge in [0.05, 0.1) is 16.3 Å². The van der Waals surface area contributed by atoms with E-state index in [1.54, 1.807) is 16.5 Å². The number of allylic oxidation sites excluding steroid dienone is 4. The van der Waals surface area contributed by atoms with Crippen molar-refractivity contribution in [1.82, 2.24) is 20.8 Å². The first-order chi connectivity index (χ1) is 16.5. The first kappa shape index (κ1) is 26.8. The molecule has 1 aromatic carbocycles. The zero-order valence-corrected chi connectivity index (χ0v) is 20.0. The molecule has 1 heterocycles. The summed E-state index contributed by atoms with van der Waals surface area (Å²) >= 11 is 6.43. The number of benzene rings is 1. The molecule has 0 saturated heterocycles. The van der Waals surface area contributed by atoms with E-state index >= 15 is 0 Å². The van der Waals surface area contributed by atoms with Crippen LogP contribution in [-0.2, 0) is 4.79 Å². The van der Waals surface area contributed by atoms with Gasteiger partial charge in [-0.15, -0.1) is 0 Å². The van der Waals surface area contributed by atoms with Crippen LogP contribution in [0.15, 0.2) is 78.3 Å². The molecule has 0 bridgehead atoms. The second-order valence-corrected chi connectivity index (χ2v) is 7.74. The highest BCUT2D eigenvalue weighted by atomic mass is 35.5. The number of hydroxylamine groups is 1. The van der Waals surface area contributed by atoms with Crippen LogP contribution in [0.25, 0.3) is 0 Å². The average Bonchev–Trinajstić information content (AvgIpc) is 2.88. The molecule has 2 amide bonds. The Bertz CT molecular complexity index is 1010. The summed E-state index contributed by atoms with van der Waals surface area (Å²) in [4.78, 5) is 34.1. The number of nitrogens with zero attached hydrogens (tertiary/aromatic N) is 3. The molecule has 8 nitrogen and oxygen atoms in total. The molecule has 0 atom stereocenters. The molecule has 3 N–H and O–H groups in total. The van der Waals surface area contributed by atoms with E-state index in [2.05, 4.69) is 21.9 Å². The van der Waals surface area contributed by atoms with Gasteiger partial charge in [0.15, 0.2) is 0 Å². The number of hydrogen-bond acceptors (Lipinski definition) is 6. The number of para-hydroxylation sites is 1. The molecule has 2 aromatic rings. The maximum Gasteiger partial charge on any atom is 0.254 e. The normalized spacial score (nSPS) is 11.6. The van der Waals surface area contributed by atoms with Crippen LogP contribution in [0.3, 0.4) is 0 Å². The molecule has 0 radical (unpaired) electrons. The lowest BCUT2D eigenvalue weighted by atomic mass is 10.1. The van der Waals surface area contributed by atoms with Crippen molar-refractivity contribution in [2.45, 2.75) is 39.0 Å². The first-order valence-electron chi connectivity index (χ1n) is 11.0. The standard InChI is InChI=1S/C25H30ClN5O3/c1-3-12-22(21(26)4-2)31(20-13-8-7-9-14-20)25-28-17-19(18-29-25)24(33)27-16-11-6-5-10-15-23(32)30-34/h3-4,7-9,12-14,17-18,34H,2,5-6,10-11,15-16H2,1H3,(H,27,33)(H,30,32)/b12-3-,22-21-. The molecular formula is C25H30ClN5O3. The minimum Gasteiger partial charge on any atom is -0.352 e. The Kier molecular flexibility index (Phi) is 11.5. The van der Waals surface area contributed by atoms with E-state index in [0.717, 1.165) is 24.9 Å². The van der Waals surface area contributed by atoms with Crippen molar-refractivity contribution in [3.8, 4) is 0 Å². The van der Waals surface area contributed by atoms with Crippen molar-refractivity contribution < 1.29 is 14.8 Å². The Morgan fingerprint density at radius 2 is 1.79 bits per heavy atom. The van der Waals surface area contributed by atoms with Crippen LogP contribution >= 0.6 is 11.6 Å². The van der Waals surface area contributed by atoms with Crippen LogP contribution < -0.4 is 15.7 Å². The molecule has 34 heavy (non-hydrogen) atoms. The summed E-state index contributed by atoms with van der Waals surface area (Å²) in [5, 5.41) is 11.8. The van der Waals surface area contributed by atoms with E-state index in [4.69, 9.17) is 16.8 Å². The molecule has 2 rings (SSSR count). The zero-order valence-electron chi connectivity index (χ0n) is 19.2. The number of anilines is 2. The van der Waals surface area contributed by atoms with Crippen molar-refractivity contribution >= 4 is 35.1 Å². The molecule has 0 aliphatic rings.